The lowest BCUT2D eigenvalue weighted by Crippen LogP contribution is -2.42. The van der Waals surface area contributed by atoms with Crippen molar-refractivity contribution < 1.29 is 18.0 Å². The van der Waals surface area contributed by atoms with E-state index in [2.05, 4.69) is 15.4 Å². The van der Waals surface area contributed by atoms with Crippen LogP contribution in [0.4, 0.5) is 5.13 Å². The zero-order chi connectivity index (χ0) is 19.2. The first kappa shape index (κ1) is 18.1. The largest absolute Gasteiger partial charge is 0.297 e. The van der Waals surface area contributed by atoms with Gasteiger partial charge in [0.05, 0.1) is 27.8 Å². The Labute approximate surface area is 160 Å². The molecule has 10 heteroatoms. The van der Waals surface area contributed by atoms with Gasteiger partial charge in [-0.1, -0.05) is 17.4 Å². The van der Waals surface area contributed by atoms with Crippen LogP contribution >= 0.6 is 11.3 Å². The molecule has 8 nitrogen and oxygen atoms in total. The van der Waals surface area contributed by atoms with Crippen LogP contribution in [0.15, 0.2) is 23.3 Å². The quantitative estimate of drug-likeness (QED) is 0.835. The van der Waals surface area contributed by atoms with Gasteiger partial charge in [0, 0.05) is 12.8 Å². The van der Waals surface area contributed by atoms with Gasteiger partial charge in [-0.15, -0.1) is 0 Å². The third-order valence-electron chi connectivity index (χ3n) is 4.64. The molecule has 0 radical (unpaired) electrons. The van der Waals surface area contributed by atoms with Crippen molar-refractivity contribution in [1.29, 1.82) is 0 Å². The first-order chi connectivity index (χ1) is 12.8. The predicted molar refractivity (Wildman–Crippen MR) is 104 cm³/mol. The molecule has 27 heavy (non-hydrogen) atoms. The number of sulfone groups is 1. The standard InChI is InChI=1S/C17H18N4O4S2/c1-10-2-3-12-14(8-10)26-17(18-12)19-16(23)13-4-5-15(22)21(20-13)11-6-7-27(24,25)9-11/h2-3,8,11H,4-7,9H2,1H3,(H,18,19,23)/t11-/m0/s1. The summed E-state index contributed by atoms with van der Waals surface area (Å²) in [6.45, 7) is 1.99. The zero-order valence-electron chi connectivity index (χ0n) is 14.6. The number of hydrazone groups is 1. The maximum atomic E-state index is 12.6. The van der Waals surface area contributed by atoms with Crippen LogP contribution in [0.3, 0.4) is 0 Å². The Balaban J connectivity index is 1.53. The van der Waals surface area contributed by atoms with Crippen molar-refractivity contribution in [2.45, 2.75) is 32.2 Å². The Kier molecular flexibility index (Phi) is 4.47. The molecule has 2 aromatic rings. The van der Waals surface area contributed by atoms with Crippen molar-refractivity contribution in [2.75, 3.05) is 16.8 Å². The van der Waals surface area contributed by atoms with E-state index in [4.69, 9.17) is 0 Å². The number of aryl methyl sites for hydroxylation is 1. The average molecular weight is 406 g/mol. The highest BCUT2D eigenvalue weighted by molar-refractivity contribution is 7.91. The minimum Gasteiger partial charge on any atom is -0.297 e. The van der Waals surface area contributed by atoms with E-state index in [1.165, 1.54) is 16.3 Å². The predicted octanol–water partition coefficient (Wildman–Crippen LogP) is 1.71. The third-order valence-corrected chi connectivity index (χ3v) is 7.32. The highest BCUT2D eigenvalue weighted by Gasteiger charge is 2.37. The normalized spacial score (nSPS) is 22.1. The van der Waals surface area contributed by atoms with Crippen LogP contribution in [-0.4, -0.2) is 53.5 Å². The van der Waals surface area contributed by atoms with E-state index in [-0.39, 0.29) is 36.0 Å². The Bertz CT molecular complexity index is 1070. The number of benzene rings is 1. The van der Waals surface area contributed by atoms with E-state index in [1.54, 1.807) is 0 Å². The molecule has 1 saturated heterocycles. The number of nitrogens with one attached hydrogen (secondary N) is 1. The second-order valence-electron chi connectivity index (χ2n) is 6.79. The summed E-state index contributed by atoms with van der Waals surface area (Å²) in [5.41, 5.74) is 2.13. The van der Waals surface area contributed by atoms with Crippen LogP contribution < -0.4 is 5.32 Å². The molecular weight excluding hydrogens is 388 g/mol. The molecule has 0 saturated carbocycles. The summed E-state index contributed by atoms with van der Waals surface area (Å²) in [5, 5.41) is 8.57. The Morgan fingerprint density at radius 3 is 2.89 bits per heavy atom. The highest BCUT2D eigenvalue weighted by atomic mass is 32.2. The molecule has 0 unspecified atom stereocenters. The monoisotopic (exact) mass is 406 g/mol. The molecule has 1 fully saturated rings. The lowest BCUT2D eigenvalue weighted by molar-refractivity contribution is -0.133. The number of aromatic nitrogens is 1. The molecule has 1 aromatic carbocycles. The summed E-state index contributed by atoms with van der Waals surface area (Å²) in [6.07, 6.45) is 0.718. The van der Waals surface area contributed by atoms with Gasteiger partial charge < -0.3 is 0 Å². The van der Waals surface area contributed by atoms with Crippen LogP contribution in [0.1, 0.15) is 24.8 Å². The number of carbonyl (C=O) groups excluding carboxylic acids is 2. The Hall–Kier alpha value is -2.33. The topological polar surface area (TPSA) is 109 Å². The van der Waals surface area contributed by atoms with E-state index in [9.17, 15) is 18.0 Å². The Morgan fingerprint density at radius 2 is 2.15 bits per heavy atom. The van der Waals surface area contributed by atoms with E-state index in [0.717, 1.165) is 15.8 Å². The maximum absolute atomic E-state index is 12.6. The van der Waals surface area contributed by atoms with Gasteiger partial charge in [0.15, 0.2) is 15.0 Å². The number of fused-ring (bicyclic) bond motifs is 1. The van der Waals surface area contributed by atoms with Gasteiger partial charge in [0.2, 0.25) is 5.91 Å². The first-order valence-corrected chi connectivity index (χ1v) is 11.2. The van der Waals surface area contributed by atoms with Crippen molar-refractivity contribution >= 4 is 54.0 Å². The molecule has 2 amide bonds. The van der Waals surface area contributed by atoms with Crippen molar-refractivity contribution in [3.05, 3.63) is 23.8 Å². The summed E-state index contributed by atoms with van der Waals surface area (Å²) in [4.78, 5) is 29.1. The second-order valence-corrected chi connectivity index (χ2v) is 10.0. The van der Waals surface area contributed by atoms with Crippen molar-refractivity contribution in [3.63, 3.8) is 0 Å². The van der Waals surface area contributed by atoms with E-state index >= 15 is 0 Å². The van der Waals surface area contributed by atoms with Crippen LogP contribution in [0.2, 0.25) is 0 Å². The molecule has 0 aliphatic carbocycles. The average Bonchev–Trinajstić information content (AvgIpc) is 3.16. The molecule has 0 bridgehead atoms. The van der Waals surface area contributed by atoms with Gasteiger partial charge in [0.25, 0.3) is 5.91 Å². The number of anilines is 1. The van der Waals surface area contributed by atoms with E-state index in [0.29, 0.717) is 11.6 Å². The molecule has 3 heterocycles. The molecule has 1 N–H and O–H groups in total. The van der Waals surface area contributed by atoms with Crippen LogP contribution in [0, 0.1) is 6.92 Å². The van der Waals surface area contributed by atoms with Crippen LogP contribution in [0.25, 0.3) is 10.2 Å². The van der Waals surface area contributed by atoms with Crippen molar-refractivity contribution in [1.82, 2.24) is 9.99 Å². The maximum Gasteiger partial charge on any atom is 0.273 e. The number of rotatable bonds is 3. The fourth-order valence-corrected chi connectivity index (χ4v) is 5.89. The lowest BCUT2D eigenvalue weighted by Gasteiger charge is -2.27. The fraction of sp³-hybridized carbons (Fsp3) is 0.412. The first-order valence-electron chi connectivity index (χ1n) is 8.59. The van der Waals surface area contributed by atoms with Gasteiger partial charge in [-0.05, 0) is 31.0 Å². The van der Waals surface area contributed by atoms with Gasteiger partial charge in [-0.3, -0.25) is 14.9 Å². The van der Waals surface area contributed by atoms with Crippen LogP contribution in [-0.2, 0) is 19.4 Å². The molecule has 1 atom stereocenters. The zero-order valence-corrected chi connectivity index (χ0v) is 16.3. The third kappa shape index (κ3) is 3.72. The number of carbonyl (C=O) groups is 2. The van der Waals surface area contributed by atoms with Gasteiger partial charge in [-0.2, -0.15) is 5.10 Å². The molecule has 142 valence electrons. The molecule has 2 aliphatic rings. The van der Waals surface area contributed by atoms with E-state index in [1.807, 2.05) is 25.1 Å². The van der Waals surface area contributed by atoms with Crippen LogP contribution in [0.5, 0.6) is 0 Å². The SMILES string of the molecule is Cc1ccc2nc(NC(=O)C3=NN([C@H]4CCS(=O)(=O)C4)C(=O)CC3)sc2c1. The summed E-state index contributed by atoms with van der Waals surface area (Å²) in [6, 6.07) is 5.37. The number of hydrogen-bond acceptors (Lipinski definition) is 7. The van der Waals surface area contributed by atoms with Gasteiger partial charge >= 0.3 is 0 Å². The highest BCUT2D eigenvalue weighted by Crippen LogP contribution is 2.27. The summed E-state index contributed by atoms with van der Waals surface area (Å²) >= 11 is 1.37. The molecule has 0 spiro atoms. The fourth-order valence-electron chi connectivity index (χ4n) is 3.24. The molecule has 2 aliphatic heterocycles. The number of nitrogens with zero attached hydrogens (tertiary/aromatic N) is 3. The summed E-state index contributed by atoms with van der Waals surface area (Å²) < 4.78 is 24.3. The Morgan fingerprint density at radius 1 is 1.33 bits per heavy atom. The molecule has 1 aromatic heterocycles. The molecule has 4 rings (SSSR count). The number of amides is 2. The lowest BCUT2D eigenvalue weighted by atomic mass is 10.1. The minimum atomic E-state index is -3.14. The number of hydrogen-bond donors (Lipinski definition) is 1. The minimum absolute atomic E-state index is 0.0453. The second kappa shape index (κ2) is 6.68. The molecular formula is C17H18N4O4S2. The smallest absolute Gasteiger partial charge is 0.273 e. The number of thiazole rings is 1. The van der Waals surface area contributed by atoms with E-state index < -0.39 is 21.8 Å². The van der Waals surface area contributed by atoms with Gasteiger partial charge in [-0.25, -0.2) is 18.4 Å². The van der Waals surface area contributed by atoms with Crippen molar-refractivity contribution in [3.8, 4) is 0 Å². The van der Waals surface area contributed by atoms with Crippen molar-refractivity contribution in [2.24, 2.45) is 5.10 Å². The summed E-state index contributed by atoms with van der Waals surface area (Å²) in [7, 11) is -3.14. The van der Waals surface area contributed by atoms with Gasteiger partial charge in [0.1, 0.15) is 5.71 Å². The summed E-state index contributed by atoms with van der Waals surface area (Å²) in [5.74, 6) is -0.717.